The van der Waals surface area contributed by atoms with Crippen molar-refractivity contribution in [3.8, 4) is 0 Å². The van der Waals surface area contributed by atoms with E-state index in [9.17, 15) is 22.8 Å². The lowest BCUT2D eigenvalue weighted by Gasteiger charge is -2.40. The zero-order valence-electron chi connectivity index (χ0n) is 22.8. The lowest BCUT2D eigenvalue weighted by atomic mass is 9.95. The van der Waals surface area contributed by atoms with Gasteiger partial charge < -0.3 is 15.1 Å². The first-order valence-electron chi connectivity index (χ1n) is 13.4. The van der Waals surface area contributed by atoms with Crippen LogP contribution in [0.15, 0.2) is 30.3 Å². The molecule has 0 unspecified atom stereocenters. The molecular weight excluding hydrogens is 509 g/mol. The minimum Gasteiger partial charge on any atom is -0.368 e. The number of nitrogens with one attached hydrogen (secondary N) is 1. The Morgan fingerprint density at radius 2 is 1.87 bits per heavy atom. The Morgan fingerprint density at radius 1 is 1.10 bits per heavy atom. The number of benzene rings is 1. The summed E-state index contributed by atoms with van der Waals surface area (Å²) in [6.07, 6.45) is -4.54. The van der Waals surface area contributed by atoms with Gasteiger partial charge in [-0.05, 0) is 44.5 Å². The molecule has 1 N–H and O–H groups in total. The molecule has 0 spiro atoms. The molecule has 4 heterocycles. The quantitative estimate of drug-likeness (QED) is 0.638. The number of hydrogen-bond acceptors (Lipinski definition) is 6. The summed E-state index contributed by atoms with van der Waals surface area (Å²) in [5.41, 5.74) is 1.94. The molecule has 2 aromatic rings. The Morgan fingerprint density at radius 3 is 2.59 bits per heavy atom. The number of fused-ring (bicyclic) bond motifs is 2. The number of amides is 2. The molecule has 1 aromatic carbocycles. The normalized spacial score (nSPS) is 24.5. The van der Waals surface area contributed by atoms with Crippen LogP contribution < -0.4 is 20.0 Å². The van der Waals surface area contributed by atoms with Crippen LogP contribution in [0.2, 0.25) is 0 Å². The van der Waals surface area contributed by atoms with Crippen LogP contribution in [0, 0.1) is 19.8 Å². The Kier molecular flexibility index (Phi) is 7.32. The summed E-state index contributed by atoms with van der Waals surface area (Å²) in [5, 5.41) is 3.46. The highest BCUT2D eigenvalue weighted by molar-refractivity contribution is 6.10. The molecule has 3 atom stereocenters. The van der Waals surface area contributed by atoms with Gasteiger partial charge in [0, 0.05) is 70.4 Å². The fourth-order valence-corrected chi connectivity index (χ4v) is 6.18. The highest BCUT2D eigenvalue weighted by Crippen LogP contribution is 2.41. The van der Waals surface area contributed by atoms with Gasteiger partial charge in [-0.3, -0.25) is 19.4 Å². The van der Waals surface area contributed by atoms with E-state index < -0.39 is 29.6 Å². The highest BCUT2D eigenvalue weighted by atomic mass is 19.4. The number of aromatic nitrogens is 1. The zero-order chi connectivity index (χ0) is 28.1. The summed E-state index contributed by atoms with van der Waals surface area (Å²) in [5.74, 6) is -1.26. The maximum absolute atomic E-state index is 13.9. The first-order valence-corrected chi connectivity index (χ1v) is 13.4. The van der Waals surface area contributed by atoms with Crippen molar-refractivity contribution >= 4 is 29.0 Å². The van der Waals surface area contributed by atoms with Crippen molar-refractivity contribution in [2.45, 2.75) is 45.5 Å². The van der Waals surface area contributed by atoms with Gasteiger partial charge in [0.05, 0.1) is 16.9 Å². The predicted octanol–water partition coefficient (Wildman–Crippen LogP) is 3.22. The summed E-state index contributed by atoms with van der Waals surface area (Å²) in [6.45, 7) is 10.4. The average Bonchev–Trinajstić information content (AvgIpc) is 3.19. The standard InChI is InChI=1S/C28H35F3N6O2/c1-17-6-5-7-22-25(17)36(11-10-35-9-8-32-19(3)15-35)16-20-13-24(38)37(26(20)27(39)34(22)4)23-14-21(28(29,30)31)12-18(2)33-23/h5-7,12,14,19-20,26,32H,8-11,13,15-16H2,1-4H3/t19-,20+,26-/m0/s1. The third-order valence-corrected chi connectivity index (χ3v) is 8.02. The first kappa shape index (κ1) is 27.4. The number of carbonyl (C=O) groups excluding carboxylic acids is 2. The van der Waals surface area contributed by atoms with Crippen LogP contribution in [-0.4, -0.2) is 80.1 Å². The minimum atomic E-state index is -4.60. The van der Waals surface area contributed by atoms with Gasteiger partial charge >= 0.3 is 6.18 Å². The molecule has 0 aliphatic carbocycles. The highest BCUT2D eigenvalue weighted by Gasteiger charge is 2.49. The Balaban J connectivity index is 1.52. The minimum absolute atomic E-state index is 0.0591. The number of alkyl halides is 3. The lowest BCUT2D eigenvalue weighted by Crippen LogP contribution is -2.54. The summed E-state index contributed by atoms with van der Waals surface area (Å²) in [7, 11) is 1.67. The summed E-state index contributed by atoms with van der Waals surface area (Å²) in [4.78, 5) is 39.0. The molecule has 0 saturated carbocycles. The van der Waals surface area contributed by atoms with Gasteiger partial charge in [-0.15, -0.1) is 0 Å². The maximum Gasteiger partial charge on any atom is 0.416 e. The van der Waals surface area contributed by atoms with Crippen molar-refractivity contribution in [3.63, 3.8) is 0 Å². The van der Waals surface area contributed by atoms with Gasteiger partial charge in [0.2, 0.25) is 11.8 Å². The number of rotatable bonds is 4. The fourth-order valence-electron chi connectivity index (χ4n) is 6.18. The fraction of sp³-hybridized carbons (Fsp3) is 0.536. The van der Waals surface area contributed by atoms with Crippen LogP contribution in [0.3, 0.4) is 0 Å². The van der Waals surface area contributed by atoms with Gasteiger partial charge in [-0.25, -0.2) is 4.98 Å². The maximum atomic E-state index is 13.9. The van der Waals surface area contributed by atoms with E-state index in [-0.39, 0.29) is 23.8 Å². The second-order valence-corrected chi connectivity index (χ2v) is 11.0. The number of likely N-dealkylation sites (N-methyl/N-ethyl adjacent to an activating group) is 1. The predicted molar refractivity (Wildman–Crippen MR) is 144 cm³/mol. The number of para-hydroxylation sites is 1. The summed E-state index contributed by atoms with van der Waals surface area (Å²) >= 11 is 0. The van der Waals surface area contributed by atoms with Crippen molar-refractivity contribution in [1.29, 1.82) is 0 Å². The third kappa shape index (κ3) is 5.34. The smallest absolute Gasteiger partial charge is 0.368 e. The molecule has 2 saturated heterocycles. The van der Waals surface area contributed by atoms with E-state index in [0.29, 0.717) is 19.1 Å². The molecule has 0 bridgehead atoms. The molecule has 1 aromatic heterocycles. The van der Waals surface area contributed by atoms with Crippen molar-refractivity contribution < 1.29 is 22.8 Å². The van der Waals surface area contributed by atoms with E-state index >= 15 is 0 Å². The molecule has 210 valence electrons. The van der Waals surface area contributed by atoms with Gasteiger partial charge in [-0.1, -0.05) is 12.1 Å². The van der Waals surface area contributed by atoms with Crippen LogP contribution in [0.5, 0.6) is 0 Å². The van der Waals surface area contributed by atoms with Gasteiger partial charge in [-0.2, -0.15) is 13.2 Å². The summed E-state index contributed by atoms with van der Waals surface area (Å²) < 4.78 is 40.9. The number of carbonyl (C=O) groups is 2. The Hall–Kier alpha value is -3.18. The molecule has 3 aliphatic rings. The van der Waals surface area contributed by atoms with Crippen molar-refractivity contribution in [2.24, 2.45) is 5.92 Å². The van der Waals surface area contributed by atoms with E-state index in [2.05, 4.69) is 27.0 Å². The molecule has 2 fully saturated rings. The average molecular weight is 545 g/mol. The van der Waals surface area contributed by atoms with E-state index in [4.69, 9.17) is 0 Å². The van der Waals surface area contributed by atoms with Crippen molar-refractivity contribution in [2.75, 3.05) is 61.0 Å². The molecule has 0 radical (unpaired) electrons. The van der Waals surface area contributed by atoms with Crippen molar-refractivity contribution in [3.05, 3.63) is 47.2 Å². The van der Waals surface area contributed by atoms with Crippen molar-refractivity contribution in [1.82, 2.24) is 15.2 Å². The molecular formula is C28H35F3N6O2. The molecule has 5 rings (SSSR count). The number of hydrogen-bond donors (Lipinski definition) is 1. The Labute approximate surface area is 226 Å². The topological polar surface area (TPSA) is 72.0 Å². The lowest BCUT2D eigenvalue weighted by molar-refractivity contribution is -0.137. The largest absolute Gasteiger partial charge is 0.416 e. The number of nitrogens with zero attached hydrogens (tertiary/aromatic N) is 5. The van der Waals surface area contributed by atoms with Gasteiger partial charge in [0.1, 0.15) is 11.9 Å². The molecule has 39 heavy (non-hydrogen) atoms. The molecule has 2 amide bonds. The number of aryl methyl sites for hydroxylation is 2. The van der Waals surface area contributed by atoms with E-state index in [1.54, 1.807) is 11.9 Å². The molecule has 8 nitrogen and oxygen atoms in total. The monoisotopic (exact) mass is 544 g/mol. The number of pyridine rings is 1. The van der Waals surface area contributed by atoms with Crippen LogP contribution in [0.25, 0.3) is 0 Å². The number of anilines is 3. The van der Waals surface area contributed by atoms with Gasteiger partial charge in [0.25, 0.3) is 0 Å². The number of halogens is 3. The van der Waals surface area contributed by atoms with Crippen LogP contribution in [0.1, 0.15) is 30.2 Å². The molecule has 3 aliphatic heterocycles. The Bertz CT molecular complexity index is 1270. The van der Waals surface area contributed by atoms with Crippen LogP contribution in [0.4, 0.5) is 30.4 Å². The second-order valence-electron chi connectivity index (χ2n) is 11.0. The second kappa shape index (κ2) is 10.4. The van der Waals surface area contributed by atoms with Gasteiger partial charge in [0.15, 0.2) is 0 Å². The first-order chi connectivity index (χ1) is 18.4. The number of piperazine rings is 1. The van der Waals surface area contributed by atoms with E-state index in [1.807, 2.05) is 25.1 Å². The summed E-state index contributed by atoms with van der Waals surface area (Å²) in [6, 6.07) is 7.06. The van der Waals surface area contributed by atoms with Crippen LogP contribution >= 0.6 is 0 Å². The van der Waals surface area contributed by atoms with E-state index in [1.165, 1.54) is 11.8 Å². The molecule has 11 heteroatoms. The SMILES string of the molecule is Cc1cc(C(F)(F)F)cc(N2C(=O)C[C@@H]3CN(CCN4CCN[C@@H](C)C4)c4c(C)cccc4N(C)C(=O)[C@H]32)n1. The third-order valence-electron chi connectivity index (χ3n) is 8.02. The van der Waals surface area contributed by atoms with E-state index in [0.717, 1.165) is 55.2 Å². The zero-order valence-corrected chi connectivity index (χ0v) is 22.8. The van der Waals surface area contributed by atoms with Crippen LogP contribution in [-0.2, 0) is 15.8 Å².